The highest BCUT2D eigenvalue weighted by Crippen LogP contribution is 2.15. The van der Waals surface area contributed by atoms with E-state index in [0.717, 1.165) is 10.9 Å². The summed E-state index contributed by atoms with van der Waals surface area (Å²) in [4.78, 5) is 35.4. The number of fused-ring (bicyclic) bond motifs is 1. The van der Waals surface area contributed by atoms with Crippen molar-refractivity contribution in [2.45, 2.75) is 6.92 Å². The summed E-state index contributed by atoms with van der Waals surface area (Å²) < 4.78 is 4.61. The van der Waals surface area contributed by atoms with E-state index in [0.29, 0.717) is 5.56 Å². The molecule has 3 N–H and O–H groups in total. The van der Waals surface area contributed by atoms with Crippen molar-refractivity contribution in [1.82, 2.24) is 4.98 Å². The summed E-state index contributed by atoms with van der Waals surface area (Å²) in [5, 5.41) is 18.4. The fourth-order valence-electron chi connectivity index (χ4n) is 2.39. The molecule has 7 heteroatoms. The molecule has 26 heavy (non-hydrogen) atoms. The minimum atomic E-state index is -1.11. The molecule has 0 amide bonds. The Morgan fingerprint density at radius 1 is 0.962 bits per heavy atom. The van der Waals surface area contributed by atoms with Gasteiger partial charge in [-0.25, -0.2) is 14.4 Å². The van der Waals surface area contributed by atoms with Gasteiger partial charge in [0, 0.05) is 11.7 Å². The number of carbonyl (C=O) groups is 3. The van der Waals surface area contributed by atoms with E-state index >= 15 is 0 Å². The number of carboxylic acid groups (broad SMARTS) is 2. The molecule has 0 unspecified atom stereocenters. The van der Waals surface area contributed by atoms with Crippen molar-refractivity contribution in [2.24, 2.45) is 0 Å². The first-order valence-electron chi connectivity index (χ1n) is 7.56. The number of benzene rings is 2. The number of methoxy groups -OCH3 is 1. The minimum Gasteiger partial charge on any atom is -0.478 e. The molecule has 1 aromatic heterocycles. The van der Waals surface area contributed by atoms with Gasteiger partial charge in [0.15, 0.2) is 0 Å². The standard InChI is InChI=1S/C10H9NO2.C9H8O4/c1-13-10(12)8-3-2-7-4-5-11-9(7)6-8;1-5-6(8(10)11)3-2-4-7(5)9(12)13/h2-6,11H,1H3;2-4H,1H3,(H,10,11)(H,12,13). The zero-order valence-corrected chi connectivity index (χ0v) is 14.1. The fourth-order valence-corrected chi connectivity index (χ4v) is 2.39. The first-order valence-corrected chi connectivity index (χ1v) is 7.56. The molecule has 0 saturated heterocycles. The van der Waals surface area contributed by atoms with Crippen LogP contribution >= 0.6 is 0 Å². The summed E-state index contributed by atoms with van der Waals surface area (Å²) in [5.41, 5.74) is 1.85. The molecule has 0 aliphatic heterocycles. The zero-order valence-electron chi connectivity index (χ0n) is 14.1. The van der Waals surface area contributed by atoms with Crippen molar-refractivity contribution in [3.05, 3.63) is 70.9 Å². The average molecular weight is 355 g/mol. The Morgan fingerprint density at radius 3 is 2.12 bits per heavy atom. The number of nitrogens with one attached hydrogen (secondary N) is 1. The second-order valence-electron chi connectivity index (χ2n) is 5.36. The lowest BCUT2D eigenvalue weighted by atomic mass is 10.0. The van der Waals surface area contributed by atoms with Crippen molar-refractivity contribution in [1.29, 1.82) is 0 Å². The highest BCUT2D eigenvalue weighted by atomic mass is 16.5. The molecule has 3 aromatic rings. The van der Waals surface area contributed by atoms with Crippen molar-refractivity contribution in [2.75, 3.05) is 7.11 Å². The molecule has 0 fully saturated rings. The van der Waals surface area contributed by atoms with Crippen LogP contribution in [0.1, 0.15) is 36.6 Å². The van der Waals surface area contributed by atoms with Gasteiger partial charge in [-0.15, -0.1) is 0 Å². The molecule has 1 heterocycles. The van der Waals surface area contributed by atoms with Crippen LogP contribution in [-0.4, -0.2) is 40.2 Å². The lowest BCUT2D eigenvalue weighted by molar-refractivity contribution is 0.0599. The number of aromatic amines is 1. The monoisotopic (exact) mass is 355 g/mol. The largest absolute Gasteiger partial charge is 0.478 e. The molecular weight excluding hydrogens is 338 g/mol. The van der Waals surface area contributed by atoms with Crippen LogP contribution < -0.4 is 0 Å². The van der Waals surface area contributed by atoms with Crippen molar-refractivity contribution in [3.63, 3.8) is 0 Å². The van der Waals surface area contributed by atoms with E-state index in [1.54, 1.807) is 12.1 Å². The van der Waals surface area contributed by atoms with Gasteiger partial charge in [0.25, 0.3) is 0 Å². The van der Waals surface area contributed by atoms with Crippen LogP contribution in [0.25, 0.3) is 10.9 Å². The van der Waals surface area contributed by atoms with Crippen LogP contribution in [0, 0.1) is 6.92 Å². The predicted molar refractivity (Wildman–Crippen MR) is 94.7 cm³/mol. The molecule has 0 spiro atoms. The smallest absolute Gasteiger partial charge is 0.337 e. The summed E-state index contributed by atoms with van der Waals surface area (Å²) in [6, 6.07) is 11.5. The van der Waals surface area contributed by atoms with Gasteiger partial charge in [0.05, 0.1) is 23.8 Å². The molecule has 7 nitrogen and oxygen atoms in total. The Labute approximate surface area is 148 Å². The van der Waals surface area contributed by atoms with E-state index in [9.17, 15) is 14.4 Å². The molecule has 0 saturated carbocycles. The number of carboxylic acids is 2. The third kappa shape index (κ3) is 4.07. The maximum atomic E-state index is 11.1. The molecular formula is C19H17NO6. The van der Waals surface area contributed by atoms with Gasteiger partial charge in [-0.3, -0.25) is 0 Å². The summed E-state index contributed by atoms with van der Waals surface area (Å²) in [6.07, 6.45) is 1.84. The first kappa shape index (κ1) is 18.7. The van der Waals surface area contributed by atoms with Crippen LogP contribution in [0.4, 0.5) is 0 Å². The van der Waals surface area contributed by atoms with Gasteiger partial charge in [0.1, 0.15) is 0 Å². The van der Waals surface area contributed by atoms with Gasteiger partial charge < -0.3 is 19.9 Å². The third-order valence-corrected chi connectivity index (χ3v) is 3.77. The van der Waals surface area contributed by atoms with E-state index < -0.39 is 11.9 Å². The molecule has 2 aromatic carbocycles. The number of carbonyl (C=O) groups excluding carboxylic acids is 1. The number of aromatic carboxylic acids is 2. The van der Waals surface area contributed by atoms with E-state index in [2.05, 4.69) is 9.72 Å². The number of rotatable bonds is 3. The highest BCUT2D eigenvalue weighted by molar-refractivity contribution is 5.96. The maximum absolute atomic E-state index is 11.1. The molecule has 0 radical (unpaired) electrons. The molecule has 0 bridgehead atoms. The lowest BCUT2D eigenvalue weighted by Gasteiger charge is -2.03. The first-order chi connectivity index (χ1) is 12.3. The van der Waals surface area contributed by atoms with Gasteiger partial charge in [-0.2, -0.15) is 0 Å². The summed E-state index contributed by atoms with van der Waals surface area (Å²) in [5.74, 6) is -2.53. The number of ether oxygens (including phenoxy) is 1. The number of hydrogen-bond donors (Lipinski definition) is 3. The minimum absolute atomic E-state index is 0.0277. The molecule has 0 aliphatic rings. The average Bonchev–Trinajstić information content (AvgIpc) is 3.09. The second-order valence-corrected chi connectivity index (χ2v) is 5.36. The Balaban J connectivity index is 0.000000187. The number of esters is 1. The second kappa shape index (κ2) is 7.98. The number of hydrogen-bond acceptors (Lipinski definition) is 4. The summed E-state index contributed by atoms with van der Waals surface area (Å²) in [6.45, 7) is 1.48. The number of H-pyrrole nitrogens is 1. The molecule has 0 atom stereocenters. The highest BCUT2D eigenvalue weighted by Gasteiger charge is 2.13. The van der Waals surface area contributed by atoms with Crippen LogP contribution in [0.3, 0.4) is 0 Å². The van der Waals surface area contributed by atoms with Crippen LogP contribution in [0.2, 0.25) is 0 Å². The summed E-state index contributed by atoms with van der Waals surface area (Å²) >= 11 is 0. The van der Waals surface area contributed by atoms with Gasteiger partial charge in [0.2, 0.25) is 0 Å². The van der Waals surface area contributed by atoms with Crippen molar-refractivity contribution < 1.29 is 29.3 Å². The van der Waals surface area contributed by atoms with Crippen LogP contribution in [-0.2, 0) is 4.74 Å². The Hall–Kier alpha value is -3.61. The van der Waals surface area contributed by atoms with E-state index in [-0.39, 0.29) is 22.7 Å². The van der Waals surface area contributed by atoms with E-state index in [4.69, 9.17) is 10.2 Å². The fraction of sp³-hybridized carbons (Fsp3) is 0.105. The molecule has 0 aliphatic carbocycles. The Morgan fingerprint density at radius 2 is 1.58 bits per heavy atom. The predicted octanol–water partition coefficient (Wildman–Crippen LogP) is 3.35. The normalized spacial score (nSPS) is 9.92. The van der Waals surface area contributed by atoms with Crippen molar-refractivity contribution >= 4 is 28.8 Å². The quantitative estimate of drug-likeness (QED) is 0.620. The molecule has 134 valence electrons. The Bertz CT molecular complexity index is 941. The maximum Gasteiger partial charge on any atom is 0.337 e. The van der Waals surface area contributed by atoms with Crippen molar-refractivity contribution in [3.8, 4) is 0 Å². The zero-order chi connectivity index (χ0) is 19.3. The van der Waals surface area contributed by atoms with Crippen LogP contribution in [0.5, 0.6) is 0 Å². The Kier molecular flexibility index (Phi) is 5.74. The van der Waals surface area contributed by atoms with Crippen LogP contribution in [0.15, 0.2) is 48.7 Å². The number of aromatic nitrogens is 1. The topological polar surface area (TPSA) is 117 Å². The van der Waals surface area contributed by atoms with E-state index in [1.165, 1.54) is 32.2 Å². The van der Waals surface area contributed by atoms with Gasteiger partial charge in [-0.1, -0.05) is 12.1 Å². The third-order valence-electron chi connectivity index (χ3n) is 3.77. The summed E-state index contributed by atoms with van der Waals surface area (Å²) in [7, 11) is 1.38. The lowest BCUT2D eigenvalue weighted by Crippen LogP contribution is -2.06. The molecule has 3 rings (SSSR count). The SMILES string of the molecule is COC(=O)c1ccc2cc[nH]c2c1.Cc1c(C(=O)O)cccc1C(=O)O. The van der Waals surface area contributed by atoms with E-state index in [1.807, 2.05) is 18.3 Å². The van der Waals surface area contributed by atoms with Gasteiger partial charge >= 0.3 is 17.9 Å². The van der Waals surface area contributed by atoms with Gasteiger partial charge in [-0.05, 0) is 48.2 Å².